The van der Waals surface area contributed by atoms with Crippen LogP contribution in [0.1, 0.15) is 30.1 Å². The zero-order chi connectivity index (χ0) is 16.1. The molecule has 1 aromatic heterocycles. The highest BCUT2D eigenvalue weighted by Crippen LogP contribution is 2.14. The summed E-state index contributed by atoms with van der Waals surface area (Å²) < 4.78 is 2.52. The first-order valence-electron chi connectivity index (χ1n) is 6.85. The Morgan fingerprint density at radius 1 is 1.36 bits per heavy atom. The van der Waals surface area contributed by atoms with Crippen LogP contribution in [0.5, 0.6) is 0 Å². The molecule has 1 unspecified atom stereocenters. The lowest BCUT2D eigenvalue weighted by Gasteiger charge is -2.12. The van der Waals surface area contributed by atoms with E-state index in [9.17, 15) is 9.59 Å². The third-order valence-corrected chi connectivity index (χ3v) is 3.65. The molecule has 0 aliphatic carbocycles. The number of carbonyl (C=O) groups excluding carboxylic acids is 1. The summed E-state index contributed by atoms with van der Waals surface area (Å²) in [5, 5.41) is 15.7. The summed E-state index contributed by atoms with van der Waals surface area (Å²) in [5.74, 6) is -1.47. The van der Waals surface area contributed by atoms with Crippen molar-refractivity contribution >= 4 is 27.8 Å². The molecule has 116 valence electrons. The van der Waals surface area contributed by atoms with Gasteiger partial charge in [0.15, 0.2) is 0 Å². The van der Waals surface area contributed by atoms with Gasteiger partial charge in [-0.15, -0.1) is 0 Å². The highest BCUT2D eigenvalue weighted by atomic mass is 79.9. The number of hydrogen-bond donors (Lipinski definition) is 2. The normalized spacial score (nSPS) is 11.9. The van der Waals surface area contributed by atoms with Crippen LogP contribution in [0.2, 0.25) is 0 Å². The third kappa shape index (κ3) is 3.94. The van der Waals surface area contributed by atoms with Crippen molar-refractivity contribution in [3.8, 4) is 5.69 Å². The Morgan fingerprint density at radius 2 is 2.05 bits per heavy atom. The molecule has 1 aromatic carbocycles. The number of rotatable bonds is 6. The van der Waals surface area contributed by atoms with Gasteiger partial charge in [-0.05, 0) is 30.7 Å². The Bertz CT molecular complexity index is 667. The van der Waals surface area contributed by atoms with Gasteiger partial charge in [0, 0.05) is 10.7 Å². The summed E-state index contributed by atoms with van der Waals surface area (Å²) in [6, 6.07) is 6.58. The molecule has 22 heavy (non-hydrogen) atoms. The van der Waals surface area contributed by atoms with Gasteiger partial charge in [0.25, 0.3) is 5.91 Å². The number of nitrogens with one attached hydrogen (secondary N) is 1. The fourth-order valence-electron chi connectivity index (χ4n) is 1.96. The molecule has 2 aromatic rings. The number of hydrogen-bond acceptors (Lipinski definition) is 3. The van der Waals surface area contributed by atoms with Gasteiger partial charge in [-0.2, -0.15) is 5.10 Å². The van der Waals surface area contributed by atoms with Gasteiger partial charge in [0.1, 0.15) is 6.04 Å². The van der Waals surface area contributed by atoms with Gasteiger partial charge in [0.05, 0.1) is 17.4 Å². The molecular weight excluding hydrogens is 350 g/mol. The largest absolute Gasteiger partial charge is 0.480 e. The second kappa shape index (κ2) is 7.22. The number of carboxylic acids is 1. The Labute approximate surface area is 136 Å². The number of nitrogens with zero attached hydrogens (tertiary/aromatic N) is 2. The van der Waals surface area contributed by atoms with E-state index in [0.29, 0.717) is 18.4 Å². The number of aromatic nitrogens is 2. The number of halogens is 1. The van der Waals surface area contributed by atoms with Crippen LogP contribution in [0.25, 0.3) is 5.69 Å². The molecule has 2 N–H and O–H groups in total. The van der Waals surface area contributed by atoms with Crippen molar-refractivity contribution in [2.75, 3.05) is 0 Å². The van der Waals surface area contributed by atoms with Crippen molar-refractivity contribution in [2.24, 2.45) is 0 Å². The van der Waals surface area contributed by atoms with Crippen molar-refractivity contribution in [2.45, 2.75) is 25.8 Å². The van der Waals surface area contributed by atoms with E-state index in [1.165, 1.54) is 6.20 Å². The summed E-state index contributed by atoms with van der Waals surface area (Å²) >= 11 is 3.35. The minimum atomic E-state index is -1.03. The number of aliphatic carboxylic acids is 1. The van der Waals surface area contributed by atoms with Crippen LogP contribution >= 0.6 is 15.9 Å². The molecule has 2 rings (SSSR count). The zero-order valence-electron chi connectivity index (χ0n) is 12.0. The van der Waals surface area contributed by atoms with Gasteiger partial charge in [0.2, 0.25) is 0 Å². The molecule has 0 radical (unpaired) electrons. The maximum absolute atomic E-state index is 12.1. The topological polar surface area (TPSA) is 84.2 Å². The molecule has 1 atom stereocenters. The number of carboxylic acid groups (broad SMARTS) is 1. The number of benzene rings is 1. The molecular formula is C15H16BrN3O3. The van der Waals surface area contributed by atoms with Crippen LogP contribution in [0, 0.1) is 0 Å². The molecule has 0 saturated carbocycles. The second-order valence-electron chi connectivity index (χ2n) is 4.80. The molecule has 6 nitrogen and oxygen atoms in total. The average Bonchev–Trinajstić information content (AvgIpc) is 2.97. The van der Waals surface area contributed by atoms with E-state index in [2.05, 4.69) is 26.3 Å². The van der Waals surface area contributed by atoms with E-state index in [-0.39, 0.29) is 0 Å². The molecule has 0 saturated heterocycles. The van der Waals surface area contributed by atoms with Crippen molar-refractivity contribution < 1.29 is 14.7 Å². The molecule has 0 spiro atoms. The van der Waals surface area contributed by atoms with Crippen molar-refractivity contribution in [3.05, 3.63) is 46.7 Å². The van der Waals surface area contributed by atoms with Crippen LogP contribution in [-0.2, 0) is 4.79 Å². The van der Waals surface area contributed by atoms with Gasteiger partial charge >= 0.3 is 5.97 Å². The van der Waals surface area contributed by atoms with Crippen molar-refractivity contribution in [1.82, 2.24) is 15.1 Å². The first-order valence-corrected chi connectivity index (χ1v) is 7.65. The summed E-state index contributed by atoms with van der Waals surface area (Å²) in [6.07, 6.45) is 4.06. The first kappa shape index (κ1) is 16.2. The van der Waals surface area contributed by atoms with Crippen LogP contribution in [0.4, 0.5) is 0 Å². The minimum absolute atomic E-state index is 0.324. The van der Waals surface area contributed by atoms with E-state index in [4.69, 9.17) is 5.11 Å². The standard InChI is InChI=1S/C15H16BrN3O3/c1-2-3-13(15(21)22)18-14(20)10-8-17-19(9-10)12-6-4-11(16)5-7-12/h4-9,13H,2-3H2,1H3,(H,18,20)(H,21,22). The summed E-state index contributed by atoms with van der Waals surface area (Å²) in [6.45, 7) is 1.87. The fraction of sp³-hybridized carbons (Fsp3) is 0.267. The molecule has 7 heteroatoms. The summed E-state index contributed by atoms with van der Waals surface area (Å²) in [7, 11) is 0. The van der Waals surface area contributed by atoms with Crippen LogP contribution in [0.3, 0.4) is 0 Å². The van der Waals surface area contributed by atoms with E-state index < -0.39 is 17.9 Å². The lowest BCUT2D eigenvalue weighted by atomic mass is 10.1. The Balaban J connectivity index is 2.11. The van der Waals surface area contributed by atoms with Gasteiger partial charge < -0.3 is 10.4 Å². The summed E-state index contributed by atoms with van der Waals surface area (Å²) in [4.78, 5) is 23.2. The van der Waals surface area contributed by atoms with Gasteiger partial charge in [-0.25, -0.2) is 9.48 Å². The van der Waals surface area contributed by atoms with Crippen molar-refractivity contribution in [1.29, 1.82) is 0 Å². The Kier molecular flexibility index (Phi) is 5.32. The van der Waals surface area contributed by atoms with E-state index in [0.717, 1.165) is 10.2 Å². The average molecular weight is 366 g/mol. The predicted octanol–water partition coefficient (Wildman–Crippen LogP) is 2.62. The summed E-state index contributed by atoms with van der Waals surface area (Å²) in [5.41, 5.74) is 1.14. The highest BCUT2D eigenvalue weighted by Gasteiger charge is 2.20. The van der Waals surface area contributed by atoms with Gasteiger partial charge in [-0.1, -0.05) is 29.3 Å². The van der Waals surface area contributed by atoms with E-state index in [1.54, 1.807) is 10.9 Å². The van der Waals surface area contributed by atoms with Crippen LogP contribution in [-0.4, -0.2) is 32.8 Å². The SMILES string of the molecule is CCCC(NC(=O)c1cnn(-c2ccc(Br)cc2)c1)C(=O)O. The molecule has 0 aliphatic rings. The fourth-order valence-corrected chi connectivity index (χ4v) is 2.23. The molecule has 0 aliphatic heterocycles. The van der Waals surface area contributed by atoms with Gasteiger partial charge in [-0.3, -0.25) is 4.79 Å². The maximum atomic E-state index is 12.1. The predicted molar refractivity (Wildman–Crippen MR) is 85.1 cm³/mol. The zero-order valence-corrected chi connectivity index (χ0v) is 13.6. The first-order chi connectivity index (χ1) is 10.5. The lowest BCUT2D eigenvalue weighted by Crippen LogP contribution is -2.40. The van der Waals surface area contributed by atoms with E-state index >= 15 is 0 Å². The molecule has 0 fully saturated rings. The van der Waals surface area contributed by atoms with Crippen LogP contribution < -0.4 is 5.32 Å². The minimum Gasteiger partial charge on any atom is -0.480 e. The molecule has 0 bridgehead atoms. The highest BCUT2D eigenvalue weighted by molar-refractivity contribution is 9.10. The second-order valence-corrected chi connectivity index (χ2v) is 5.72. The lowest BCUT2D eigenvalue weighted by molar-refractivity contribution is -0.139. The molecule has 1 amide bonds. The van der Waals surface area contributed by atoms with Crippen LogP contribution in [0.15, 0.2) is 41.1 Å². The Morgan fingerprint density at radius 3 is 2.64 bits per heavy atom. The smallest absolute Gasteiger partial charge is 0.326 e. The number of carbonyl (C=O) groups is 2. The molecule has 1 heterocycles. The van der Waals surface area contributed by atoms with Crippen molar-refractivity contribution in [3.63, 3.8) is 0 Å². The maximum Gasteiger partial charge on any atom is 0.326 e. The Hall–Kier alpha value is -2.15. The third-order valence-electron chi connectivity index (χ3n) is 3.12. The quantitative estimate of drug-likeness (QED) is 0.823. The monoisotopic (exact) mass is 365 g/mol. The van der Waals surface area contributed by atoms with E-state index in [1.807, 2.05) is 31.2 Å². The number of amides is 1.